The van der Waals surface area contributed by atoms with Gasteiger partial charge in [0.25, 0.3) is 0 Å². The van der Waals surface area contributed by atoms with E-state index >= 15 is 0 Å². The maximum Gasteiger partial charge on any atom is 0.130 e. The smallest absolute Gasteiger partial charge is 0.130 e. The molecule has 1 aromatic carbocycles. The molecule has 19 heavy (non-hydrogen) atoms. The first kappa shape index (κ1) is 14.4. The average Bonchev–Trinajstić information content (AvgIpc) is 2.75. The highest BCUT2D eigenvalue weighted by atomic mass is 35.5. The lowest BCUT2D eigenvalue weighted by molar-refractivity contribution is 0.474. The molecule has 0 fully saturated rings. The molecule has 2 aromatic rings. The molecule has 0 saturated carbocycles. The van der Waals surface area contributed by atoms with E-state index in [0.717, 1.165) is 4.88 Å². The number of thiophene rings is 1. The zero-order chi connectivity index (χ0) is 13.8. The maximum absolute atomic E-state index is 13.8. The molecule has 0 aliphatic carbocycles. The lowest BCUT2D eigenvalue weighted by atomic mass is 10.0. The van der Waals surface area contributed by atoms with Crippen LogP contribution in [0.5, 0.6) is 0 Å². The van der Waals surface area contributed by atoms with Crippen molar-refractivity contribution in [2.75, 3.05) is 6.54 Å². The summed E-state index contributed by atoms with van der Waals surface area (Å²) >= 11 is 7.31. The average molecular weight is 302 g/mol. The third-order valence-corrected chi connectivity index (χ3v) is 4.09. The van der Waals surface area contributed by atoms with E-state index in [1.165, 1.54) is 29.5 Å². The van der Waals surface area contributed by atoms with Gasteiger partial charge in [-0.1, -0.05) is 24.6 Å². The van der Waals surface area contributed by atoms with E-state index in [-0.39, 0.29) is 11.6 Å². The minimum atomic E-state index is -0.520. The highest BCUT2D eigenvalue weighted by molar-refractivity contribution is 7.16. The molecule has 102 valence electrons. The summed E-state index contributed by atoms with van der Waals surface area (Å²) in [4.78, 5) is 0.999. The Bertz CT molecular complexity index is 536. The minimum absolute atomic E-state index is 0.0915. The molecular weight excluding hydrogens is 288 g/mol. The Balaban J connectivity index is 2.29. The van der Waals surface area contributed by atoms with Crippen molar-refractivity contribution in [3.8, 4) is 0 Å². The van der Waals surface area contributed by atoms with E-state index in [1.807, 2.05) is 13.0 Å². The molecule has 0 saturated heterocycles. The zero-order valence-corrected chi connectivity index (χ0v) is 12.0. The molecular formula is C14H14ClF2NS. The summed E-state index contributed by atoms with van der Waals surface area (Å²) in [5.41, 5.74) is 0.0915. The Morgan fingerprint density at radius 1 is 1.21 bits per heavy atom. The Morgan fingerprint density at radius 3 is 2.42 bits per heavy atom. The lowest BCUT2D eigenvalue weighted by Gasteiger charge is -2.19. The molecule has 2 rings (SSSR count). The van der Waals surface area contributed by atoms with Gasteiger partial charge in [-0.25, -0.2) is 8.78 Å². The zero-order valence-electron chi connectivity index (χ0n) is 10.4. The predicted molar refractivity (Wildman–Crippen MR) is 75.8 cm³/mol. The molecule has 1 heterocycles. The van der Waals surface area contributed by atoms with E-state index < -0.39 is 11.6 Å². The van der Waals surface area contributed by atoms with Crippen LogP contribution in [0.1, 0.15) is 23.4 Å². The summed E-state index contributed by atoms with van der Waals surface area (Å²) < 4.78 is 28.3. The van der Waals surface area contributed by atoms with Crippen molar-refractivity contribution in [2.24, 2.45) is 0 Å². The summed E-state index contributed by atoms with van der Waals surface area (Å²) in [5.74, 6) is -1.04. The van der Waals surface area contributed by atoms with Crippen molar-refractivity contribution < 1.29 is 8.78 Å². The van der Waals surface area contributed by atoms with E-state index in [0.29, 0.717) is 17.3 Å². The van der Waals surface area contributed by atoms with Gasteiger partial charge in [0, 0.05) is 22.9 Å². The van der Waals surface area contributed by atoms with Crippen LogP contribution in [0, 0.1) is 11.6 Å². The standard InChI is InChI=1S/C14H14ClF2NS/c1-2-18-12(8-9-6-7-13(15)19-9)14-10(16)4-3-5-11(14)17/h3-7,12,18H,2,8H2,1H3. The van der Waals surface area contributed by atoms with Crippen LogP contribution in [0.4, 0.5) is 8.78 Å². The molecule has 5 heteroatoms. The fourth-order valence-electron chi connectivity index (χ4n) is 2.03. The third-order valence-electron chi connectivity index (χ3n) is 2.83. The monoisotopic (exact) mass is 301 g/mol. The maximum atomic E-state index is 13.8. The van der Waals surface area contributed by atoms with Gasteiger partial charge >= 0.3 is 0 Å². The SMILES string of the molecule is CCNC(Cc1ccc(Cl)s1)c1c(F)cccc1F. The highest BCUT2D eigenvalue weighted by Gasteiger charge is 2.20. The van der Waals surface area contributed by atoms with Crippen molar-refractivity contribution >= 4 is 22.9 Å². The third kappa shape index (κ3) is 3.53. The number of likely N-dealkylation sites (N-methyl/N-ethyl adjacent to an activating group) is 1. The summed E-state index contributed by atoms with van der Waals surface area (Å²) in [6, 6.07) is 7.23. The summed E-state index contributed by atoms with van der Waals surface area (Å²) in [5, 5.41) is 3.12. The van der Waals surface area contributed by atoms with Crippen molar-refractivity contribution in [3.05, 3.63) is 56.7 Å². The molecule has 1 unspecified atom stereocenters. The fourth-order valence-corrected chi connectivity index (χ4v) is 3.16. The second-order valence-corrected chi connectivity index (χ2v) is 5.96. The molecule has 1 nitrogen and oxygen atoms in total. The van der Waals surface area contributed by atoms with E-state index in [9.17, 15) is 8.78 Å². The predicted octanol–water partition coefficient (Wildman–Crippen LogP) is 4.57. The number of rotatable bonds is 5. The van der Waals surface area contributed by atoms with Gasteiger partial charge in [0.15, 0.2) is 0 Å². The van der Waals surface area contributed by atoms with Crippen LogP contribution in [0.25, 0.3) is 0 Å². The molecule has 0 amide bonds. The van der Waals surface area contributed by atoms with Crippen molar-refractivity contribution in [3.63, 3.8) is 0 Å². The number of hydrogen-bond donors (Lipinski definition) is 1. The second-order valence-electron chi connectivity index (χ2n) is 4.16. The van der Waals surface area contributed by atoms with Gasteiger partial charge in [-0.15, -0.1) is 11.3 Å². The lowest BCUT2D eigenvalue weighted by Crippen LogP contribution is -2.24. The van der Waals surface area contributed by atoms with Gasteiger partial charge in [-0.2, -0.15) is 0 Å². The van der Waals surface area contributed by atoms with Crippen molar-refractivity contribution in [1.29, 1.82) is 0 Å². The number of halogens is 3. The number of benzene rings is 1. The Hall–Kier alpha value is -0.970. The second kappa shape index (κ2) is 6.46. The summed E-state index contributed by atoms with van der Waals surface area (Å²) in [6.07, 6.45) is 0.517. The topological polar surface area (TPSA) is 12.0 Å². The van der Waals surface area contributed by atoms with Gasteiger partial charge in [-0.05, 0) is 30.8 Å². The Morgan fingerprint density at radius 2 is 1.89 bits per heavy atom. The molecule has 1 N–H and O–H groups in total. The first-order valence-electron chi connectivity index (χ1n) is 6.03. The molecule has 0 spiro atoms. The molecule has 0 aliphatic rings. The van der Waals surface area contributed by atoms with Gasteiger partial charge < -0.3 is 5.32 Å². The fraction of sp³-hybridized carbons (Fsp3) is 0.286. The van der Waals surface area contributed by atoms with Crippen LogP contribution in [0.3, 0.4) is 0 Å². The molecule has 0 bridgehead atoms. The van der Waals surface area contributed by atoms with Crippen molar-refractivity contribution in [2.45, 2.75) is 19.4 Å². The van der Waals surface area contributed by atoms with Crippen molar-refractivity contribution in [1.82, 2.24) is 5.32 Å². The minimum Gasteiger partial charge on any atom is -0.310 e. The summed E-state index contributed by atoms with van der Waals surface area (Å²) in [6.45, 7) is 2.55. The first-order valence-corrected chi connectivity index (χ1v) is 7.22. The van der Waals surface area contributed by atoms with Gasteiger partial charge in [0.1, 0.15) is 11.6 Å². The molecule has 0 radical (unpaired) electrons. The molecule has 1 aromatic heterocycles. The Kier molecular flexibility index (Phi) is 4.91. The highest BCUT2D eigenvalue weighted by Crippen LogP contribution is 2.28. The van der Waals surface area contributed by atoms with Crippen LogP contribution in [0.15, 0.2) is 30.3 Å². The quantitative estimate of drug-likeness (QED) is 0.853. The van der Waals surface area contributed by atoms with Gasteiger partial charge in [0.05, 0.1) is 4.34 Å². The molecule has 0 aliphatic heterocycles. The van der Waals surface area contributed by atoms with Crippen LogP contribution in [0.2, 0.25) is 4.34 Å². The number of hydrogen-bond acceptors (Lipinski definition) is 2. The van der Waals surface area contributed by atoms with Gasteiger partial charge in [-0.3, -0.25) is 0 Å². The van der Waals surface area contributed by atoms with E-state index in [1.54, 1.807) is 6.07 Å². The normalized spacial score (nSPS) is 12.6. The molecule has 1 atom stereocenters. The largest absolute Gasteiger partial charge is 0.310 e. The number of nitrogens with one attached hydrogen (secondary N) is 1. The van der Waals surface area contributed by atoms with Crippen LogP contribution < -0.4 is 5.32 Å². The van der Waals surface area contributed by atoms with Crippen LogP contribution in [-0.4, -0.2) is 6.54 Å². The van der Waals surface area contributed by atoms with E-state index in [2.05, 4.69) is 5.32 Å². The summed E-state index contributed by atoms with van der Waals surface area (Å²) in [7, 11) is 0. The van der Waals surface area contributed by atoms with Crippen LogP contribution >= 0.6 is 22.9 Å². The first-order chi connectivity index (χ1) is 9.11. The van der Waals surface area contributed by atoms with Crippen LogP contribution in [-0.2, 0) is 6.42 Å². The van der Waals surface area contributed by atoms with Gasteiger partial charge in [0.2, 0.25) is 0 Å². The Labute approximate surface area is 120 Å². The van der Waals surface area contributed by atoms with E-state index in [4.69, 9.17) is 11.6 Å².